The van der Waals surface area contributed by atoms with E-state index >= 15 is 0 Å². The Balaban J connectivity index is 1.25. The number of hydrogen-bond acceptors (Lipinski definition) is 2. The maximum Gasteiger partial charge on any atom is 0.0468 e. The Morgan fingerprint density at radius 2 is 0.857 bits per heavy atom. The first-order valence-electron chi connectivity index (χ1n) is 22.0. The molecule has 63 heavy (non-hydrogen) atoms. The van der Waals surface area contributed by atoms with Crippen LogP contribution in [0, 0.1) is 19.3 Å². The van der Waals surface area contributed by atoms with Crippen LogP contribution in [-0.2, 0) is 0 Å². The molecule has 0 aromatic heterocycles. The van der Waals surface area contributed by atoms with Crippen molar-refractivity contribution >= 4 is 61.1 Å². The summed E-state index contributed by atoms with van der Waals surface area (Å²) in [5.74, 6) is 0. The lowest BCUT2D eigenvalue weighted by atomic mass is 9.61. The molecule has 0 spiro atoms. The second-order valence-corrected chi connectivity index (χ2v) is 17.4. The minimum Gasteiger partial charge on any atom is -0.314 e. The maximum absolute atomic E-state index is 2.50. The quantitative estimate of drug-likeness (QED) is 0.151. The molecule has 2 aliphatic carbocycles. The van der Waals surface area contributed by atoms with Gasteiger partial charge in [-0.1, -0.05) is 164 Å². The minimum absolute atomic E-state index is 0.421. The van der Waals surface area contributed by atoms with Crippen LogP contribution < -0.4 is 20.2 Å². The van der Waals surface area contributed by atoms with Crippen molar-refractivity contribution in [3.05, 3.63) is 268 Å². The van der Waals surface area contributed by atoms with Gasteiger partial charge >= 0.3 is 0 Å². The average molecular weight is 809 g/mol. The number of rotatable bonds is 8. The molecule has 302 valence electrons. The molecule has 0 aliphatic heterocycles. The molecule has 2 aliphatic rings. The number of fused-ring (bicyclic) bond motifs is 4. The molecule has 0 amide bonds. The highest BCUT2D eigenvalue weighted by atomic mass is 15.2. The van der Waals surface area contributed by atoms with E-state index in [1.165, 1.54) is 76.7 Å². The maximum atomic E-state index is 2.50. The van der Waals surface area contributed by atoms with E-state index in [2.05, 4.69) is 255 Å². The standard InChI is InChI=1S/C61H48N2/c1-42-22-30-52(31-23-42)62(50-18-6-4-7-19-50)54-34-36-56-57(40-54)59(48-28-26-44-14-10-12-16-46(44)38-48)58-37-35-55(63(51-20-8-5-9-21-51)53-32-24-43(2)25-33-53)41-61(58,3)60(56)49-29-27-45-15-11-13-17-47(45)39-49/h4-40H,41H2,1-3H3. The first-order chi connectivity index (χ1) is 30.9. The Kier molecular flexibility index (Phi) is 9.51. The second-order valence-electron chi connectivity index (χ2n) is 17.4. The van der Waals surface area contributed by atoms with E-state index < -0.39 is 5.41 Å². The zero-order valence-corrected chi connectivity index (χ0v) is 36.0. The first kappa shape index (κ1) is 38.3. The van der Waals surface area contributed by atoms with Gasteiger partial charge < -0.3 is 9.80 Å². The minimum atomic E-state index is -0.421. The van der Waals surface area contributed by atoms with Crippen molar-refractivity contribution in [1.82, 2.24) is 0 Å². The number of allylic oxidation sites excluding steroid dienone is 4. The predicted octanol–water partition coefficient (Wildman–Crippen LogP) is 14.5. The molecule has 0 saturated carbocycles. The number of aryl methyl sites for hydroxylation is 2. The van der Waals surface area contributed by atoms with Crippen molar-refractivity contribution in [2.75, 3.05) is 9.80 Å². The normalized spacial score (nSPS) is 15.7. The highest BCUT2D eigenvalue weighted by Gasteiger charge is 2.43. The third kappa shape index (κ3) is 6.85. The summed E-state index contributed by atoms with van der Waals surface area (Å²) in [6.45, 7) is 6.81. The van der Waals surface area contributed by atoms with E-state index in [1.54, 1.807) is 0 Å². The molecular weight excluding hydrogens is 761 g/mol. The average Bonchev–Trinajstić information content (AvgIpc) is 3.32. The van der Waals surface area contributed by atoms with Gasteiger partial charge in [0.15, 0.2) is 0 Å². The Bertz CT molecular complexity index is 3380. The zero-order chi connectivity index (χ0) is 42.5. The monoisotopic (exact) mass is 808 g/mol. The lowest BCUT2D eigenvalue weighted by Crippen LogP contribution is -2.44. The van der Waals surface area contributed by atoms with Crippen LogP contribution in [0.3, 0.4) is 0 Å². The van der Waals surface area contributed by atoms with Crippen molar-refractivity contribution in [3.63, 3.8) is 0 Å². The molecule has 0 bridgehead atoms. The van der Waals surface area contributed by atoms with E-state index in [4.69, 9.17) is 0 Å². The number of hydrogen-bond donors (Lipinski definition) is 0. The van der Waals surface area contributed by atoms with Gasteiger partial charge in [-0.25, -0.2) is 0 Å². The summed E-state index contributed by atoms with van der Waals surface area (Å²) in [6.07, 6.45) is 5.63. The predicted molar refractivity (Wildman–Crippen MR) is 267 cm³/mol. The van der Waals surface area contributed by atoms with Crippen LogP contribution in [0.25, 0.3) is 32.7 Å². The summed E-state index contributed by atoms with van der Waals surface area (Å²) < 4.78 is 0. The van der Waals surface area contributed by atoms with Gasteiger partial charge in [-0.15, -0.1) is 0 Å². The SMILES string of the molecule is Cc1ccc(N(C2=CC=C3C(c4ccc5ccccc5c4)=c4cc(N(c5ccccc5)c5ccc(C)cc5)ccc4=C(c4ccc5ccccc5c4)C3(C)C2)c2ccccc2)cc1. The summed E-state index contributed by atoms with van der Waals surface area (Å²) in [5.41, 5.74) is 15.4. The van der Waals surface area contributed by atoms with Gasteiger partial charge in [-0.05, 0) is 153 Å². The van der Waals surface area contributed by atoms with Gasteiger partial charge in [-0.3, -0.25) is 0 Å². The molecule has 11 rings (SSSR count). The Morgan fingerprint density at radius 3 is 1.46 bits per heavy atom. The summed E-state index contributed by atoms with van der Waals surface area (Å²) in [5, 5.41) is 7.45. The van der Waals surface area contributed by atoms with Gasteiger partial charge in [0.25, 0.3) is 0 Å². The van der Waals surface area contributed by atoms with Gasteiger partial charge in [0.1, 0.15) is 0 Å². The molecule has 0 fully saturated rings. The summed E-state index contributed by atoms with van der Waals surface area (Å²) in [4.78, 5) is 4.86. The van der Waals surface area contributed by atoms with Crippen molar-refractivity contribution in [2.24, 2.45) is 5.41 Å². The molecule has 0 saturated heterocycles. The van der Waals surface area contributed by atoms with Gasteiger partial charge in [0.2, 0.25) is 0 Å². The lowest BCUT2D eigenvalue weighted by Gasteiger charge is -2.44. The summed E-state index contributed by atoms with van der Waals surface area (Å²) in [6, 6.07) is 78.3. The van der Waals surface area contributed by atoms with Crippen molar-refractivity contribution < 1.29 is 0 Å². The van der Waals surface area contributed by atoms with Crippen LogP contribution in [0.15, 0.2) is 236 Å². The highest BCUT2D eigenvalue weighted by Crippen LogP contribution is 2.54. The van der Waals surface area contributed by atoms with Crippen LogP contribution in [-0.4, -0.2) is 0 Å². The lowest BCUT2D eigenvalue weighted by molar-refractivity contribution is 0.526. The van der Waals surface area contributed by atoms with Crippen molar-refractivity contribution in [1.29, 1.82) is 0 Å². The van der Waals surface area contributed by atoms with Gasteiger partial charge in [-0.2, -0.15) is 0 Å². The fourth-order valence-corrected chi connectivity index (χ4v) is 10.1. The molecule has 0 N–H and O–H groups in total. The molecule has 1 unspecified atom stereocenters. The third-order valence-electron chi connectivity index (χ3n) is 13.2. The number of nitrogens with zero attached hydrogens (tertiary/aromatic N) is 2. The molecule has 9 aromatic carbocycles. The summed E-state index contributed by atoms with van der Waals surface area (Å²) in [7, 11) is 0. The largest absolute Gasteiger partial charge is 0.314 e. The van der Waals surface area contributed by atoms with Crippen LogP contribution in [0.4, 0.5) is 28.4 Å². The molecule has 1 atom stereocenters. The molecule has 0 radical (unpaired) electrons. The Morgan fingerprint density at radius 1 is 0.381 bits per heavy atom. The highest BCUT2D eigenvalue weighted by molar-refractivity contribution is 5.97. The van der Waals surface area contributed by atoms with Gasteiger partial charge in [0.05, 0.1) is 0 Å². The van der Waals surface area contributed by atoms with Crippen LogP contribution in [0.5, 0.6) is 0 Å². The van der Waals surface area contributed by atoms with E-state index in [0.29, 0.717) is 0 Å². The number of anilines is 5. The van der Waals surface area contributed by atoms with Crippen molar-refractivity contribution in [3.8, 4) is 0 Å². The topological polar surface area (TPSA) is 6.48 Å². The molecule has 2 heteroatoms. The number of para-hydroxylation sites is 2. The molecule has 9 aromatic rings. The van der Waals surface area contributed by atoms with E-state index in [0.717, 1.165) is 34.9 Å². The second kappa shape index (κ2) is 15.7. The Hall–Kier alpha value is -7.68. The van der Waals surface area contributed by atoms with Crippen LogP contribution in [0.2, 0.25) is 0 Å². The van der Waals surface area contributed by atoms with E-state index in [1.807, 2.05) is 0 Å². The van der Waals surface area contributed by atoms with Crippen molar-refractivity contribution in [2.45, 2.75) is 27.2 Å². The fraction of sp³-hybridized carbons (Fsp3) is 0.0820. The van der Waals surface area contributed by atoms with Gasteiger partial charge in [0, 0.05) is 46.0 Å². The number of benzene rings is 9. The Labute approximate surface area is 370 Å². The van der Waals surface area contributed by atoms with Crippen LogP contribution in [0.1, 0.15) is 35.6 Å². The van der Waals surface area contributed by atoms with E-state index in [-0.39, 0.29) is 0 Å². The summed E-state index contributed by atoms with van der Waals surface area (Å²) >= 11 is 0. The first-order valence-corrected chi connectivity index (χ1v) is 22.0. The molecule has 0 heterocycles. The molecule has 2 nitrogen and oxygen atoms in total. The van der Waals surface area contributed by atoms with E-state index in [9.17, 15) is 0 Å². The molecular formula is C61H48N2. The zero-order valence-electron chi connectivity index (χ0n) is 36.0. The smallest absolute Gasteiger partial charge is 0.0468 e. The van der Waals surface area contributed by atoms with Crippen LogP contribution >= 0.6 is 0 Å². The third-order valence-corrected chi connectivity index (χ3v) is 13.2. The fourth-order valence-electron chi connectivity index (χ4n) is 10.1.